The van der Waals surface area contributed by atoms with E-state index in [-0.39, 0.29) is 0 Å². The van der Waals surface area contributed by atoms with E-state index >= 15 is 0 Å². The Bertz CT molecular complexity index is 314. The van der Waals surface area contributed by atoms with Gasteiger partial charge in [-0.15, -0.1) is 0 Å². The van der Waals surface area contributed by atoms with E-state index in [9.17, 15) is 0 Å². The zero-order valence-corrected chi connectivity index (χ0v) is 8.38. The van der Waals surface area contributed by atoms with Crippen molar-refractivity contribution in [3.8, 4) is 0 Å². The molecule has 1 aliphatic rings. The van der Waals surface area contributed by atoms with Gasteiger partial charge in [-0.2, -0.15) is 0 Å². The highest BCUT2D eigenvalue weighted by Crippen LogP contribution is 2.29. The maximum atomic E-state index is 2.32. The highest BCUT2D eigenvalue weighted by molar-refractivity contribution is 5.69. The number of hydrogen-bond acceptors (Lipinski definition) is 0. The molecule has 1 aromatic rings. The van der Waals surface area contributed by atoms with Crippen LogP contribution in [0.2, 0.25) is 0 Å². The summed E-state index contributed by atoms with van der Waals surface area (Å²) in [7, 11) is 0. The van der Waals surface area contributed by atoms with Gasteiger partial charge in [-0.1, -0.05) is 44.2 Å². The summed E-state index contributed by atoms with van der Waals surface area (Å²) >= 11 is 0. The van der Waals surface area contributed by atoms with Crippen LogP contribution in [0.25, 0.3) is 5.57 Å². The number of hydrogen-bond donors (Lipinski definition) is 0. The Morgan fingerprint density at radius 1 is 1.08 bits per heavy atom. The first-order chi connectivity index (χ1) is 6.27. The summed E-state index contributed by atoms with van der Waals surface area (Å²) in [6, 6.07) is 9.00. The van der Waals surface area contributed by atoms with Gasteiger partial charge < -0.3 is 0 Å². The van der Waals surface area contributed by atoms with E-state index in [1.165, 1.54) is 29.5 Å². The lowest BCUT2D eigenvalue weighted by molar-refractivity contribution is 0.866. The molecule has 1 aromatic carbocycles. The van der Waals surface area contributed by atoms with Crippen LogP contribution >= 0.6 is 0 Å². The van der Waals surface area contributed by atoms with E-state index < -0.39 is 0 Å². The van der Waals surface area contributed by atoms with Crippen LogP contribution in [0.5, 0.6) is 0 Å². The van der Waals surface area contributed by atoms with Crippen molar-refractivity contribution in [2.75, 3.05) is 0 Å². The van der Waals surface area contributed by atoms with Crippen LogP contribution in [0, 0.1) is 0 Å². The molecule has 0 heterocycles. The fraction of sp³-hybridized carbons (Fsp3) is 0.385. The van der Waals surface area contributed by atoms with Gasteiger partial charge in [0, 0.05) is 0 Å². The molecule has 2 rings (SSSR count). The van der Waals surface area contributed by atoms with Crippen LogP contribution in [0.1, 0.15) is 43.7 Å². The molecule has 0 radical (unpaired) electrons. The van der Waals surface area contributed by atoms with Gasteiger partial charge in [-0.3, -0.25) is 0 Å². The summed E-state index contributed by atoms with van der Waals surface area (Å²) in [6.07, 6.45) is 4.85. The van der Waals surface area contributed by atoms with Gasteiger partial charge in [-0.25, -0.2) is 0 Å². The smallest absolute Gasteiger partial charge is 0.0219 e. The van der Waals surface area contributed by atoms with Crippen molar-refractivity contribution >= 4 is 5.57 Å². The van der Waals surface area contributed by atoms with Crippen molar-refractivity contribution in [1.82, 2.24) is 0 Å². The number of rotatable bonds is 2. The Hall–Kier alpha value is -1.04. The first-order valence-corrected chi connectivity index (χ1v) is 5.07. The van der Waals surface area contributed by atoms with Gasteiger partial charge in [0.05, 0.1) is 0 Å². The molecule has 68 valence electrons. The van der Waals surface area contributed by atoms with E-state index in [0.29, 0.717) is 5.92 Å². The molecule has 0 nitrogen and oxygen atoms in total. The average molecular weight is 172 g/mol. The third-order valence-electron chi connectivity index (χ3n) is 2.75. The third kappa shape index (κ3) is 1.67. The Morgan fingerprint density at radius 3 is 2.08 bits per heavy atom. The van der Waals surface area contributed by atoms with E-state index in [1.54, 1.807) is 0 Å². The molecule has 0 fully saturated rings. The Balaban J connectivity index is 2.23. The maximum absolute atomic E-state index is 2.32. The van der Waals surface area contributed by atoms with Crippen LogP contribution in [-0.2, 0) is 0 Å². The Labute approximate surface area is 80.3 Å². The second-order valence-electron chi connectivity index (χ2n) is 4.04. The summed E-state index contributed by atoms with van der Waals surface area (Å²) in [5.41, 5.74) is 4.37. The predicted molar refractivity (Wildman–Crippen MR) is 57.7 cm³/mol. The lowest BCUT2D eigenvalue weighted by Crippen LogP contribution is -1.94. The minimum absolute atomic E-state index is 0.643. The van der Waals surface area contributed by atoms with Gasteiger partial charge in [0.25, 0.3) is 0 Å². The monoisotopic (exact) mass is 172 g/mol. The molecular weight excluding hydrogens is 156 g/mol. The van der Waals surface area contributed by atoms with Crippen LogP contribution in [-0.4, -0.2) is 0 Å². The molecule has 0 saturated carbocycles. The highest BCUT2D eigenvalue weighted by Gasteiger charge is 2.08. The predicted octanol–water partition coefficient (Wildman–Crippen LogP) is 3.99. The van der Waals surface area contributed by atoms with Crippen molar-refractivity contribution in [3.63, 3.8) is 0 Å². The summed E-state index contributed by atoms with van der Waals surface area (Å²) in [4.78, 5) is 0. The summed E-state index contributed by atoms with van der Waals surface area (Å²) < 4.78 is 0. The Kier molecular flexibility index (Phi) is 2.22. The van der Waals surface area contributed by atoms with Gasteiger partial charge in [0.15, 0.2) is 0 Å². The molecule has 0 bridgehead atoms. The Morgan fingerprint density at radius 2 is 1.69 bits per heavy atom. The summed E-state index contributed by atoms with van der Waals surface area (Å²) in [6.45, 7) is 4.47. The molecule has 0 amide bonds. The maximum Gasteiger partial charge on any atom is -0.0219 e. The van der Waals surface area contributed by atoms with E-state index in [1.807, 2.05) is 0 Å². The fourth-order valence-corrected chi connectivity index (χ4v) is 1.63. The van der Waals surface area contributed by atoms with Crippen LogP contribution in [0.15, 0.2) is 30.3 Å². The second kappa shape index (κ2) is 3.37. The minimum atomic E-state index is 0.643. The molecule has 13 heavy (non-hydrogen) atoms. The van der Waals surface area contributed by atoms with Crippen molar-refractivity contribution in [3.05, 3.63) is 41.5 Å². The first-order valence-electron chi connectivity index (χ1n) is 5.07. The molecule has 0 N–H and O–H groups in total. The molecular formula is C13H16. The molecule has 0 spiro atoms. The van der Waals surface area contributed by atoms with Crippen LogP contribution < -0.4 is 0 Å². The van der Waals surface area contributed by atoms with Crippen LogP contribution in [0.4, 0.5) is 0 Å². The molecule has 0 atom stereocenters. The molecule has 0 aliphatic heterocycles. The third-order valence-corrected chi connectivity index (χ3v) is 2.75. The van der Waals surface area contributed by atoms with E-state index in [0.717, 1.165) is 0 Å². The largest absolute Gasteiger partial charge is 0.0804 e. The number of benzene rings is 1. The van der Waals surface area contributed by atoms with Crippen molar-refractivity contribution in [2.24, 2.45) is 0 Å². The minimum Gasteiger partial charge on any atom is -0.0804 e. The van der Waals surface area contributed by atoms with Gasteiger partial charge in [-0.05, 0) is 35.5 Å². The highest BCUT2D eigenvalue weighted by atomic mass is 14.1. The normalized spacial score (nSPS) is 15.5. The standard InChI is InChI=1S/C13H16/c1-10(2)11-6-8-13(9-7-11)12-4-3-5-12/h4,6-10H,3,5H2,1-2H3. The molecule has 0 unspecified atom stereocenters. The van der Waals surface area contributed by atoms with Crippen LogP contribution in [0.3, 0.4) is 0 Å². The van der Waals surface area contributed by atoms with E-state index in [2.05, 4.69) is 44.2 Å². The molecule has 0 heteroatoms. The van der Waals surface area contributed by atoms with Crippen molar-refractivity contribution in [2.45, 2.75) is 32.6 Å². The lowest BCUT2D eigenvalue weighted by atomic mass is 9.90. The second-order valence-corrected chi connectivity index (χ2v) is 4.04. The van der Waals surface area contributed by atoms with Gasteiger partial charge in [0.2, 0.25) is 0 Å². The topological polar surface area (TPSA) is 0 Å². The number of allylic oxidation sites excluding steroid dienone is 2. The van der Waals surface area contributed by atoms with E-state index in [4.69, 9.17) is 0 Å². The molecule has 0 aromatic heterocycles. The lowest BCUT2D eigenvalue weighted by Gasteiger charge is -2.15. The van der Waals surface area contributed by atoms with Crippen molar-refractivity contribution < 1.29 is 0 Å². The fourth-order valence-electron chi connectivity index (χ4n) is 1.63. The molecule has 0 saturated heterocycles. The van der Waals surface area contributed by atoms with Gasteiger partial charge in [0.1, 0.15) is 0 Å². The summed E-state index contributed by atoms with van der Waals surface area (Å²) in [5.74, 6) is 0.643. The molecule has 1 aliphatic carbocycles. The zero-order chi connectivity index (χ0) is 9.26. The first kappa shape index (κ1) is 8.55. The van der Waals surface area contributed by atoms with Gasteiger partial charge >= 0.3 is 0 Å². The summed E-state index contributed by atoms with van der Waals surface area (Å²) in [5, 5.41) is 0. The van der Waals surface area contributed by atoms with Crippen molar-refractivity contribution in [1.29, 1.82) is 0 Å². The average Bonchev–Trinajstić information content (AvgIpc) is 2.02. The zero-order valence-electron chi connectivity index (χ0n) is 8.38. The SMILES string of the molecule is CC(C)c1ccc(C2=CCC2)cc1. The quantitative estimate of drug-likeness (QED) is 0.632.